The third kappa shape index (κ3) is 2.24. The molecule has 0 saturated heterocycles. The Morgan fingerprint density at radius 1 is 1.73 bits per heavy atom. The molecular formula is C7H6N2O2. The summed E-state index contributed by atoms with van der Waals surface area (Å²) >= 11 is 0. The monoisotopic (exact) mass is 150 g/mol. The quantitative estimate of drug-likeness (QED) is 0.472. The molecule has 0 unspecified atom stereocenters. The standard InChI is InChI=1S/C7H6N2O2/c10-3-1-2-6-4-7(11)9-8-5-6/h4-5,10H,3H2,(H,9,11). The predicted octanol–water partition coefficient (Wildman–Crippen LogP) is -0.886. The SMILES string of the molecule is O=c1cc(C#CCO)cn[nH]1. The molecule has 1 aromatic rings. The van der Waals surface area contributed by atoms with Gasteiger partial charge in [-0.05, 0) is 0 Å². The molecule has 0 fully saturated rings. The van der Waals surface area contributed by atoms with Crippen LogP contribution in [0.5, 0.6) is 0 Å². The summed E-state index contributed by atoms with van der Waals surface area (Å²) in [5.41, 5.74) is 0.206. The van der Waals surface area contributed by atoms with Gasteiger partial charge in [-0.2, -0.15) is 5.10 Å². The van der Waals surface area contributed by atoms with Crippen molar-refractivity contribution >= 4 is 0 Å². The van der Waals surface area contributed by atoms with Gasteiger partial charge in [-0.15, -0.1) is 0 Å². The highest BCUT2D eigenvalue weighted by Gasteiger charge is 1.86. The van der Waals surface area contributed by atoms with Gasteiger partial charge in [-0.3, -0.25) is 4.79 Å². The number of aliphatic hydroxyl groups is 1. The maximum atomic E-state index is 10.6. The third-order valence-corrected chi connectivity index (χ3v) is 0.977. The van der Waals surface area contributed by atoms with Crippen molar-refractivity contribution < 1.29 is 5.11 Å². The fourth-order valence-electron chi connectivity index (χ4n) is 0.586. The lowest BCUT2D eigenvalue weighted by molar-refractivity contribution is 0.350. The largest absolute Gasteiger partial charge is 0.384 e. The molecule has 0 aliphatic heterocycles. The highest BCUT2D eigenvalue weighted by Crippen LogP contribution is 1.84. The lowest BCUT2D eigenvalue weighted by Gasteiger charge is -1.84. The van der Waals surface area contributed by atoms with Crippen molar-refractivity contribution in [3.05, 3.63) is 28.2 Å². The number of rotatable bonds is 0. The van der Waals surface area contributed by atoms with E-state index >= 15 is 0 Å². The molecule has 2 N–H and O–H groups in total. The molecule has 4 nitrogen and oxygen atoms in total. The Kier molecular flexibility index (Phi) is 2.42. The van der Waals surface area contributed by atoms with Crippen molar-refractivity contribution in [3.8, 4) is 11.8 Å². The second-order valence-corrected chi connectivity index (χ2v) is 1.79. The molecule has 1 heterocycles. The predicted molar refractivity (Wildman–Crippen MR) is 38.8 cm³/mol. The molecule has 0 spiro atoms. The summed E-state index contributed by atoms with van der Waals surface area (Å²) in [6, 6.07) is 1.32. The van der Waals surface area contributed by atoms with Gasteiger partial charge in [-0.1, -0.05) is 11.8 Å². The number of aromatic nitrogens is 2. The van der Waals surface area contributed by atoms with Crippen molar-refractivity contribution in [1.29, 1.82) is 0 Å². The molecule has 0 aliphatic rings. The van der Waals surface area contributed by atoms with Gasteiger partial charge in [0.2, 0.25) is 0 Å². The van der Waals surface area contributed by atoms with Crippen molar-refractivity contribution in [1.82, 2.24) is 10.2 Å². The van der Waals surface area contributed by atoms with Crippen LogP contribution in [0.4, 0.5) is 0 Å². The number of nitrogens with zero attached hydrogens (tertiary/aromatic N) is 1. The summed E-state index contributed by atoms with van der Waals surface area (Å²) in [6.45, 7) is -0.215. The van der Waals surface area contributed by atoms with Crippen LogP contribution >= 0.6 is 0 Å². The van der Waals surface area contributed by atoms with Crippen LogP contribution in [0.25, 0.3) is 0 Å². The summed E-state index contributed by atoms with van der Waals surface area (Å²) in [4.78, 5) is 10.6. The second-order valence-electron chi connectivity index (χ2n) is 1.79. The molecule has 4 heteroatoms. The first-order chi connectivity index (χ1) is 5.33. The average Bonchev–Trinajstić information content (AvgIpc) is 2.01. The minimum atomic E-state index is -0.297. The highest BCUT2D eigenvalue weighted by molar-refractivity contribution is 5.29. The van der Waals surface area contributed by atoms with Crippen LogP contribution < -0.4 is 5.56 Å². The molecule has 0 bridgehead atoms. The smallest absolute Gasteiger partial charge is 0.265 e. The van der Waals surface area contributed by atoms with Crippen molar-refractivity contribution in [2.24, 2.45) is 0 Å². The molecule has 0 aliphatic carbocycles. The minimum Gasteiger partial charge on any atom is -0.384 e. The maximum Gasteiger partial charge on any atom is 0.265 e. The van der Waals surface area contributed by atoms with Crippen LogP contribution in [0.3, 0.4) is 0 Å². The minimum absolute atomic E-state index is 0.215. The van der Waals surface area contributed by atoms with E-state index in [0.717, 1.165) is 0 Å². The van der Waals surface area contributed by atoms with Gasteiger partial charge >= 0.3 is 0 Å². The normalized spacial score (nSPS) is 8.45. The van der Waals surface area contributed by atoms with E-state index in [1.807, 2.05) is 0 Å². The Hall–Kier alpha value is -1.60. The number of nitrogens with one attached hydrogen (secondary N) is 1. The van der Waals surface area contributed by atoms with Gasteiger partial charge in [0, 0.05) is 6.07 Å². The topological polar surface area (TPSA) is 66.0 Å². The molecule has 1 aromatic heterocycles. The summed E-state index contributed by atoms with van der Waals surface area (Å²) in [5, 5.41) is 14.0. The van der Waals surface area contributed by atoms with E-state index in [-0.39, 0.29) is 12.2 Å². The Morgan fingerprint density at radius 3 is 3.18 bits per heavy atom. The van der Waals surface area contributed by atoms with Crippen LogP contribution in [0.15, 0.2) is 17.1 Å². The van der Waals surface area contributed by atoms with Gasteiger partial charge in [0.15, 0.2) is 0 Å². The Balaban J connectivity index is 2.97. The second kappa shape index (κ2) is 3.54. The summed E-state index contributed by atoms with van der Waals surface area (Å²) in [5.74, 6) is 4.96. The number of hydrogen-bond donors (Lipinski definition) is 2. The van der Waals surface area contributed by atoms with Crippen molar-refractivity contribution in [3.63, 3.8) is 0 Å². The summed E-state index contributed by atoms with van der Waals surface area (Å²) in [7, 11) is 0. The van der Waals surface area contributed by atoms with Crippen LogP contribution in [-0.2, 0) is 0 Å². The van der Waals surface area contributed by atoms with E-state index in [1.54, 1.807) is 0 Å². The molecule has 0 radical (unpaired) electrons. The van der Waals surface area contributed by atoms with Crippen molar-refractivity contribution in [2.45, 2.75) is 0 Å². The molecule has 1 rings (SSSR count). The van der Waals surface area contributed by atoms with E-state index in [2.05, 4.69) is 22.0 Å². The zero-order valence-corrected chi connectivity index (χ0v) is 5.66. The van der Waals surface area contributed by atoms with E-state index < -0.39 is 0 Å². The van der Waals surface area contributed by atoms with E-state index in [9.17, 15) is 4.79 Å². The van der Waals surface area contributed by atoms with Gasteiger partial charge in [0.05, 0.1) is 11.8 Å². The van der Waals surface area contributed by atoms with Gasteiger partial charge in [0.25, 0.3) is 5.56 Å². The Labute approximate surface area is 62.9 Å². The van der Waals surface area contributed by atoms with E-state index in [0.29, 0.717) is 5.56 Å². The third-order valence-electron chi connectivity index (χ3n) is 0.977. The molecule has 0 aromatic carbocycles. The highest BCUT2D eigenvalue weighted by atomic mass is 16.2. The zero-order chi connectivity index (χ0) is 8.10. The maximum absolute atomic E-state index is 10.6. The lowest BCUT2D eigenvalue weighted by Crippen LogP contribution is -2.05. The number of aliphatic hydroxyl groups excluding tert-OH is 1. The fraction of sp³-hybridized carbons (Fsp3) is 0.143. The fourth-order valence-corrected chi connectivity index (χ4v) is 0.586. The number of hydrogen-bond acceptors (Lipinski definition) is 3. The average molecular weight is 150 g/mol. The van der Waals surface area contributed by atoms with E-state index in [4.69, 9.17) is 5.11 Å². The molecular weight excluding hydrogens is 144 g/mol. The van der Waals surface area contributed by atoms with Crippen molar-refractivity contribution in [2.75, 3.05) is 6.61 Å². The molecule has 56 valence electrons. The zero-order valence-electron chi connectivity index (χ0n) is 5.66. The van der Waals surface area contributed by atoms with Crippen LogP contribution in [0, 0.1) is 11.8 Å². The van der Waals surface area contributed by atoms with E-state index in [1.165, 1.54) is 12.3 Å². The molecule has 0 amide bonds. The Morgan fingerprint density at radius 2 is 2.55 bits per heavy atom. The van der Waals surface area contributed by atoms with Gasteiger partial charge < -0.3 is 5.11 Å². The molecule has 11 heavy (non-hydrogen) atoms. The summed E-state index contributed by atoms with van der Waals surface area (Å²) in [6.07, 6.45) is 1.42. The first-order valence-electron chi connectivity index (χ1n) is 2.97. The summed E-state index contributed by atoms with van der Waals surface area (Å²) < 4.78 is 0. The first kappa shape index (κ1) is 7.51. The van der Waals surface area contributed by atoms with Crippen LogP contribution in [-0.4, -0.2) is 21.9 Å². The van der Waals surface area contributed by atoms with Crippen LogP contribution in [0.2, 0.25) is 0 Å². The molecule has 0 atom stereocenters. The van der Waals surface area contributed by atoms with Crippen LogP contribution in [0.1, 0.15) is 5.56 Å². The number of H-pyrrole nitrogens is 1. The molecule has 0 saturated carbocycles. The lowest BCUT2D eigenvalue weighted by atomic mass is 10.3. The van der Waals surface area contributed by atoms with Gasteiger partial charge in [0.1, 0.15) is 6.61 Å². The number of aromatic amines is 1. The van der Waals surface area contributed by atoms with Gasteiger partial charge in [-0.25, -0.2) is 5.10 Å². The Bertz CT molecular complexity index is 345. The first-order valence-corrected chi connectivity index (χ1v) is 2.97.